The molecule has 1 N–H and O–H groups in total. The molecule has 2 nitrogen and oxygen atoms in total. The summed E-state index contributed by atoms with van der Waals surface area (Å²) in [5, 5.41) is 3.65. The Morgan fingerprint density at radius 1 is 1.29 bits per heavy atom. The summed E-state index contributed by atoms with van der Waals surface area (Å²) >= 11 is 0. The Morgan fingerprint density at radius 2 is 2.06 bits per heavy atom. The molecule has 2 aliphatic rings. The molecule has 0 bridgehead atoms. The van der Waals surface area contributed by atoms with Crippen LogP contribution in [0.1, 0.15) is 24.8 Å². The summed E-state index contributed by atoms with van der Waals surface area (Å²) in [6.45, 7) is 2.01. The summed E-state index contributed by atoms with van der Waals surface area (Å²) in [4.78, 5) is 0. The molecule has 17 heavy (non-hydrogen) atoms. The topological polar surface area (TPSA) is 21.3 Å². The van der Waals surface area contributed by atoms with Gasteiger partial charge in [0.15, 0.2) is 0 Å². The SMILES string of the molecule is COCC1(c2ccccc2)CC1CNC1CC1. The summed E-state index contributed by atoms with van der Waals surface area (Å²) in [5.41, 5.74) is 1.74. The van der Waals surface area contributed by atoms with E-state index >= 15 is 0 Å². The molecule has 0 heterocycles. The number of methoxy groups -OCH3 is 1. The first kappa shape index (κ1) is 11.2. The molecule has 2 fully saturated rings. The van der Waals surface area contributed by atoms with Crippen LogP contribution in [0.5, 0.6) is 0 Å². The zero-order valence-corrected chi connectivity index (χ0v) is 10.5. The van der Waals surface area contributed by atoms with Gasteiger partial charge in [-0.2, -0.15) is 0 Å². The van der Waals surface area contributed by atoms with Crippen molar-refractivity contribution < 1.29 is 4.74 Å². The van der Waals surface area contributed by atoms with Crippen LogP contribution in [0.4, 0.5) is 0 Å². The van der Waals surface area contributed by atoms with E-state index in [0.717, 1.165) is 25.1 Å². The summed E-state index contributed by atoms with van der Waals surface area (Å²) in [6.07, 6.45) is 4.01. The lowest BCUT2D eigenvalue weighted by Crippen LogP contribution is -2.25. The molecule has 0 amide bonds. The maximum absolute atomic E-state index is 5.45. The van der Waals surface area contributed by atoms with Gasteiger partial charge >= 0.3 is 0 Å². The van der Waals surface area contributed by atoms with Crippen LogP contribution in [0, 0.1) is 5.92 Å². The maximum Gasteiger partial charge on any atom is 0.0562 e. The minimum atomic E-state index is 0.290. The quantitative estimate of drug-likeness (QED) is 0.811. The predicted molar refractivity (Wildman–Crippen MR) is 69.1 cm³/mol. The predicted octanol–water partition coefficient (Wildman–Crippen LogP) is 2.34. The van der Waals surface area contributed by atoms with Crippen LogP contribution in [0.25, 0.3) is 0 Å². The Morgan fingerprint density at radius 3 is 2.71 bits per heavy atom. The second-order valence-corrected chi connectivity index (χ2v) is 5.54. The third-order valence-corrected chi connectivity index (χ3v) is 4.21. The highest BCUT2D eigenvalue weighted by Gasteiger charge is 2.55. The van der Waals surface area contributed by atoms with E-state index in [1.54, 1.807) is 0 Å². The van der Waals surface area contributed by atoms with E-state index in [-0.39, 0.29) is 5.41 Å². The minimum absolute atomic E-state index is 0.290. The lowest BCUT2D eigenvalue weighted by molar-refractivity contribution is 0.165. The molecule has 2 heteroatoms. The number of hydrogen-bond donors (Lipinski definition) is 1. The van der Waals surface area contributed by atoms with E-state index in [2.05, 4.69) is 35.6 Å². The second kappa shape index (κ2) is 4.43. The van der Waals surface area contributed by atoms with Gasteiger partial charge < -0.3 is 10.1 Å². The van der Waals surface area contributed by atoms with E-state index in [0.29, 0.717) is 0 Å². The molecule has 2 aliphatic carbocycles. The summed E-state index contributed by atoms with van der Waals surface area (Å²) in [6, 6.07) is 11.7. The van der Waals surface area contributed by atoms with E-state index in [9.17, 15) is 0 Å². The standard InChI is InChI=1S/C15H21NO/c1-17-11-15(12-5-3-2-4-6-12)9-13(15)10-16-14-7-8-14/h2-6,13-14,16H,7-11H2,1H3. The van der Waals surface area contributed by atoms with Gasteiger partial charge in [-0.05, 0) is 37.3 Å². The van der Waals surface area contributed by atoms with Crippen LogP contribution in [0.2, 0.25) is 0 Å². The molecule has 2 saturated carbocycles. The summed E-state index contributed by atoms with van der Waals surface area (Å²) < 4.78 is 5.45. The van der Waals surface area contributed by atoms with Crippen LogP contribution >= 0.6 is 0 Å². The van der Waals surface area contributed by atoms with Crippen molar-refractivity contribution in [2.45, 2.75) is 30.7 Å². The van der Waals surface area contributed by atoms with Gasteiger partial charge in [0.2, 0.25) is 0 Å². The third-order valence-electron chi connectivity index (χ3n) is 4.21. The van der Waals surface area contributed by atoms with Gasteiger partial charge in [0.25, 0.3) is 0 Å². The van der Waals surface area contributed by atoms with Crippen molar-refractivity contribution in [2.24, 2.45) is 5.92 Å². The number of hydrogen-bond acceptors (Lipinski definition) is 2. The largest absolute Gasteiger partial charge is 0.384 e. The van der Waals surface area contributed by atoms with Gasteiger partial charge in [0, 0.05) is 18.6 Å². The molecule has 2 atom stereocenters. The zero-order valence-electron chi connectivity index (χ0n) is 10.5. The Bertz CT molecular complexity index is 374. The van der Waals surface area contributed by atoms with Crippen molar-refractivity contribution in [1.29, 1.82) is 0 Å². The number of ether oxygens (including phenoxy) is 1. The van der Waals surface area contributed by atoms with Crippen molar-refractivity contribution in [1.82, 2.24) is 5.32 Å². The summed E-state index contributed by atoms with van der Waals surface area (Å²) in [5.74, 6) is 0.755. The first-order valence-corrected chi connectivity index (χ1v) is 6.63. The average Bonchev–Trinajstić information content (AvgIpc) is 3.24. The lowest BCUT2D eigenvalue weighted by Gasteiger charge is -2.17. The van der Waals surface area contributed by atoms with Crippen LogP contribution in [-0.2, 0) is 10.2 Å². The smallest absolute Gasteiger partial charge is 0.0562 e. The monoisotopic (exact) mass is 231 g/mol. The van der Waals surface area contributed by atoms with Crippen molar-refractivity contribution in [2.75, 3.05) is 20.3 Å². The Hall–Kier alpha value is -0.860. The fourth-order valence-electron chi connectivity index (χ4n) is 2.89. The second-order valence-electron chi connectivity index (χ2n) is 5.54. The van der Waals surface area contributed by atoms with Crippen molar-refractivity contribution in [3.05, 3.63) is 35.9 Å². The molecular weight excluding hydrogens is 210 g/mol. The van der Waals surface area contributed by atoms with Gasteiger partial charge in [-0.15, -0.1) is 0 Å². The number of benzene rings is 1. The molecule has 2 unspecified atom stereocenters. The lowest BCUT2D eigenvalue weighted by atomic mass is 9.94. The minimum Gasteiger partial charge on any atom is -0.384 e. The van der Waals surface area contributed by atoms with Gasteiger partial charge in [-0.25, -0.2) is 0 Å². The highest BCUT2D eigenvalue weighted by atomic mass is 16.5. The molecule has 0 spiro atoms. The highest BCUT2D eigenvalue weighted by Crippen LogP contribution is 2.54. The average molecular weight is 231 g/mol. The Balaban J connectivity index is 1.67. The van der Waals surface area contributed by atoms with Crippen molar-refractivity contribution >= 4 is 0 Å². The molecule has 3 rings (SSSR count). The molecule has 0 saturated heterocycles. The third kappa shape index (κ3) is 2.24. The first-order valence-electron chi connectivity index (χ1n) is 6.63. The maximum atomic E-state index is 5.45. The molecule has 0 aromatic heterocycles. The van der Waals surface area contributed by atoms with E-state index in [4.69, 9.17) is 4.74 Å². The van der Waals surface area contributed by atoms with Gasteiger partial charge in [0.05, 0.1) is 6.61 Å². The number of nitrogens with one attached hydrogen (secondary N) is 1. The zero-order chi connectivity index (χ0) is 11.7. The van der Waals surface area contributed by atoms with Crippen LogP contribution in [0.15, 0.2) is 30.3 Å². The molecule has 1 aromatic rings. The molecule has 1 aromatic carbocycles. The molecule has 0 aliphatic heterocycles. The normalized spacial score (nSPS) is 31.5. The molecule has 92 valence electrons. The van der Waals surface area contributed by atoms with Crippen LogP contribution < -0.4 is 5.32 Å². The highest BCUT2D eigenvalue weighted by molar-refractivity contribution is 5.34. The Labute approximate surface area is 103 Å². The van der Waals surface area contributed by atoms with Crippen molar-refractivity contribution in [3.63, 3.8) is 0 Å². The van der Waals surface area contributed by atoms with E-state index in [1.165, 1.54) is 24.8 Å². The number of rotatable bonds is 6. The molecule has 0 radical (unpaired) electrons. The van der Waals surface area contributed by atoms with E-state index < -0.39 is 0 Å². The van der Waals surface area contributed by atoms with Gasteiger partial charge in [-0.1, -0.05) is 30.3 Å². The van der Waals surface area contributed by atoms with Crippen LogP contribution in [0.3, 0.4) is 0 Å². The molecular formula is C15H21NO. The van der Waals surface area contributed by atoms with Crippen molar-refractivity contribution in [3.8, 4) is 0 Å². The first-order chi connectivity index (χ1) is 8.35. The van der Waals surface area contributed by atoms with Crippen LogP contribution in [-0.4, -0.2) is 26.3 Å². The van der Waals surface area contributed by atoms with Gasteiger partial charge in [-0.3, -0.25) is 0 Å². The summed E-state index contributed by atoms with van der Waals surface area (Å²) in [7, 11) is 1.81. The fourth-order valence-corrected chi connectivity index (χ4v) is 2.89. The van der Waals surface area contributed by atoms with Gasteiger partial charge in [0.1, 0.15) is 0 Å². The Kier molecular flexibility index (Phi) is 2.93. The fraction of sp³-hybridized carbons (Fsp3) is 0.600. The van der Waals surface area contributed by atoms with E-state index in [1.807, 2.05) is 7.11 Å².